The largest absolute Gasteiger partial charge is 0.463 e. The fourth-order valence-electron chi connectivity index (χ4n) is 3.37. The molecule has 0 aliphatic rings. The van der Waals surface area contributed by atoms with Gasteiger partial charge in [0.1, 0.15) is 11.8 Å². The van der Waals surface area contributed by atoms with Gasteiger partial charge in [0, 0.05) is 10.0 Å². The van der Waals surface area contributed by atoms with E-state index in [2.05, 4.69) is 26.0 Å². The number of fused-ring (bicyclic) bond motifs is 2. The summed E-state index contributed by atoms with van der Waals surface area (Å²) in [6, 6.07) is 19.9. The van der Waals surface area contributed by atoms with E-state index in [4.69, 9.17) is 4.42 Å². The number of amides is 1. The van der Waals surface area contributed by atoms with Crippen molar-refractivity contribution in [1.82, 2.24) is 4.98 Å². The Balaban J connectivity index is 1.61. The van der Waals surface area contributed by atoms with E-state index in [1.54, 1.807) is 36.4 Å². The molecule has 3 aromatic carbocycles. The fourth-order valence-corrected chi connectivity index (χ4v) is 4.84. The highest BCUT2D eigenvalue weighted by Crippen LogP contribution is 2.32. The number of hydrogen-bond donors (Lipinski definition) is 0. The number of rotatable bonds is 4. The molecule has 2 aromatic heterocycles. The number of hydrogen-bond acceptors (Lipinski definition) is 6. The van der Waals surface area contributed by atoms with Crippen LogP contribution >= 0.6 is 27.3 Å². The Bertz CT molecular complexity index is 1610. The van der Waals surface area contributed by atoms with Crippen molar-refractivity contribution in [3.05, 3.63) is 104 Å². The quantitative estimate of drug-likeness (QED) is 0.211. The first-order valence-electron chi connectivity index (χ1n) is 10.0. The zero-order valence-corrected chi connectivity index (χ0v) is 19.8. The van der Waals surface area contributed by atoms with Gasteiger partial charge in [0.15, 0.2) is 0 Å². The third-order valence-electron chi connectivity index (χ3n) is 5.00. The van der Waals surface area contributed by atoms with Gasteiger partial charge in [0.05, 0.1) is 27.4 Å². The average molecular weight is 518 g/mol. The van der Waals surface area contributed by atoms with E-state index in [1.165, 1.54) is 28.8 Å². The molecule has 0 aliphatic carbocycles. The number of thiazole rings is 1. The van der Waals surface area contributed by atoms with E-state index in [-0.39, 0.29) is 16.9 Å². The number of halogens is 1. The first-order valence-corrected chi connectivity index (χ1v) is 11.6. The number of aryl methyl sites for hydroxylation is 1. The molecule has 0 N–H and O–H groups in total. The van der Waals surface area contributed by atoms with Crippen molar-refractivity contribution in [3.63, 3.8) is 0 Å². The lowest BCUT2D eigenvalue weighted by Gasteiger charge is -2.14. The van der Waals surface area contributed by atoms with Crippen LogP contribution in [0.2, 0.25) is 0 Å². The maximum atomic E-state index is 13.4. The molecule has 0 unspecified atom stereocenters. The molecule has 33 heavy (non-hydrogen) atoms. The summed E-state index contributed by atoms with van der Waals surface area (Å²) in [4.78, 5) is 30.9. The van der Waals surface area contributed by atoms with Crippen molar-refractivity contribution < 1.29 is 9.21 Å². The number of para-hydroxylation sites is 1. The lowest BCUT2D eigenvalue weighted by molar-refractivity contribution is 0.0987. The van der Waals surface area contributed by atoms with Crippen molar-refractivity contribution in [2.75, 3.05) is 5.01 Å². The molecule has 0 spiro atoms. The summed E-state index contributed by atoms with van der Waals surface area (Å²) in [5.41, 5.74) is 2.67. The Kier molecular flexibility index (Phi) is 5.62. The van der Waals surface area contributed by atoms with Gasteiger partial charge in [0.2, 0.25) is 10.6 Å². The normalized spacial score (nSPS) is 11.5. The number of hydrazone groups is 1. The van der Waals surface area contributed by atoms with Gasteiger partial charge in [0.25, 0.3) is 5.91 Å². The van der Waals surface area contributed by atoms with Gasteiger partial charge in [-0.1, -0.05) is 57.1 Å². The molecule has 0 aliphatic heterocycles. The second-order valence-corrected chi connectivity index (χ2v) is 9.28. The Hall–Kier alpha value is -3.62. The first-order chi connectivity index (χ1) is 16.0. The highest BCUT2D eigenvalue weighted by molar-refractivity contribution is 9.10. The Morgan fingerprint density at radius 2 is 1.97 bits per heavy atom. The molecule has 5 rings (SSSR count). The molecule has 0 fully saturated rings. The van der Waals surface area contributed by atoms with Gasteiger partial charge in [-0.2, -0.15) is 10.1 Å². The number of nitrogens with zero attached hydrogens (tertiary/aromatic N) is 3. The minimum atomic E-state index is -0.349. The molecule has 0 radical (unpaired) electrons. The average Bonchev–Trinajstić information content (AvgIpc) is 3.23. The van der Waals surface area contributed by atoms with E-state index >= 15 is 0 Å². The molecule has 1 amide bonds. The summed E-state index contributed by atoms with van der Waals surface area (Å²) >= 11 is 4.80. The fraction of sp³-hybridized carbons (Fsp3) is 0.0400. The van der Waals surface area contributed by atoms with Crippen LogP contribution in [0, 0.1) is 6.92 Å². The van der Waals surface area contributed by atoms with E-state index in [1.807, 2.05) is 37.3 Å². The van der Waals surface area contributed by atoms with Crippen LogP contribution < -0.4 is 10.4 Å². The number of anilines is 1. The number of aromatic nitrogens is 1. The van der Waals surface area contributed by atoms with Crippen LogP contribution in [-0.4, -0.2) is 17.1 Å². The molecule has 162 valence electrons. The highest BCUT2D eigenvalue weighted by atomic mass is 79.9. The van der Waals surface area contributed by atoms with Crippen LogP contribution in [0.25, 0.3) is 21.2 Å². The Labute approximate surface area is 200 Å². The first kappa shape index (κ1) is 21.2. The van der Waals surface area contributed by atoms with E-state index in [9.17, 15) is 9.59 Å². The predicted octanol–water partition coefficient (Wildman–Crippen LogP) is 6.15. The minimum absolute atomic E-state index is 0.225. The zero-order valence-electron chi connectivity index (χ0n) is 17.4. The predicted molar refractivity (Wildman–Crippen MR) is 135 cm³/mol. The molecular weight excluding hydrogens is 502 g/mol. The van der Waals surface area contributed by atoms with E-state index < -0.39 is 0 Å². The molecular formula is C25H16BrN3O3S. The summed E-state index contributed by atoms with van der Waals surface area (Å²) in [6.07, 6.45) is 2.69. The zero-order chi connectivity index (χ0) is 22.9. The Morgan fingerprint density at radius 1 is 1.12 bits per heavy atom. The summed E-state index contributed by atoms with van der Waals surface area (Å²) in [5.74, 6) is -0.349. The number of carbonyl (C=O) groups is 1. The molecule has 8 heteroatoms. The molecule has 0 atom stereocenters. The van der Waals surface area contributed by atoms with Crippen molar-refractivity contribution in [2.24, 2.45) is 5.10 Å². The van der Waals surface area contributed by atoms with Gasteiger partial charge in [-0.15, -0.1) is 0 Å². The summed E-state index contributed by atoms with van der Waals surface area (Å²) < 4.78 is 7.39. The second kappa shape index (κ2) is 8.73. The topological polar surface area (TPSA) is 75.8 Å². The van der Waals surface area contributed by atoms with Crippen molar-refractivity contribution in [1.29, 1.82) is 0 Å². The van der Waals surface area contributed by atoms with Crippen LogP contribution in [0.1, 0.15) is 21.5 Å². The molecule has 2 heterocycles. The summed E-state index contributed by atoms with van der Waals surface area (Å²) in [7, 11) is 0. The Morgan fingerprint density at radius 3 is 2.82 bits per heavy atom. The summed E-state index contributed by atoms with van der Waals surface area (Å²) in [6.45, 7) is 1.92. The molecule has 6 nitrogen and oxygen atoms in total. The lowest BCUT2D eigenvalue weighted by Crippen LogP contribution is -2.26. The van der Waals surface area contributed by atoms with Crippen molar-refractivity contribution >= 4 is 65.7 Å². The third-order valence-corrected chi connectivity index (χ3v) is 6.48. The number of benzene rings is 3. The maximum absolute atomic E-state index is 13.4. The highest BCUT2D eigenvalue weighted by Gasteiger charge is 2.21. The smallest absolute Gasteiger partial charge is 0.280 e. The molecule has 0 saturated heterocycles. The second-order valence-electron chi connectivity index (χ2n) is 7.36. The molecule has 0 bridgehead atoms. The third kappa shape index (κ3) is 4.22. The van der Waals surface area contributed by atoms with Gasteiger partial charge >= 0.3 is 0 Å². The lowest BCUT2D eigenvalue weighted by atomic mass is 10.1. The van der Waals surface area contributed by atoms with Gasteiger partial charge in [-0.3, -0.25) is 9.59 Å². The van der Waals surface area contributed by atoms with Crippen LogP contribution in [0.15, 0.2) is 91.8 Å². The van der Waals surface area contributed by atoms with Gasteiger partial charge in [-0.05, 0) is 49.4 Å². The van der Waals surface area contributed by atoms with E-state index in [0.29, 0.717) is 21.7 Å². The standard InChI is InChI=1S/C25H16BrN3O3S/c1-15-5-4-6-16(11-15)24(31)29(25-28-20-10-9-18(26)12-22(20)33-25)27-13-17-14-32-21-8-3-2-7-19(21)23(17)30/h2-14H,1H3/b27-13+. The van der Waals surface area contributed by atoms with Crippen molar-refractivity contribution in [3.8, 4) is 0 Å². The monoisotopic (exact) mass is 517 g/mol. The molecule has 5 aromatic rings. The van der Waals surface area contributed by atoms with Crippen LogP contribution in [0.5, 0.6) is 0 Å². The SMILES string of the molecule is Cc1cccc(C(=O)N(/N=C/c2coc3ccccc3c2=O)c2nc3ccc(Br)cc3s2)c1. The molecule has 0 saturated carbocycles. The van der Waals surface area contributed by atoms with Gasteiger partial charge in [-0.25, -0.2) is 4.98 Å². The van der Waals surface area contributed by atoms with E-state index in [0.717, 1.165) is 20.3 Å². The maximum Gasteiger partial charge on any atom is 0.280 e. The summed E-state index contributed by atoms with van der Waals surface area (Å²) in [5, 5.41) is 6.46. The van der Waals surface area contributed by atoms with Crippen LogP contribution in [-0.2, 0) is 0 Å². The van der Waals surface area contributed by atoms with Crippen LogP contribution in [0.4, 0.5) is 5.13 Å². The minimum Gasteiger partial charge on any atom is -0.463 e. The number of carbonyl (C=O) groups excluding carboxylic acids is 1. The van der Waals surface area contributed by atoms with Crippen molar-refractivity contribution in [2.45, 2.75) is 6.92 Å². The van der Waals surface area contributed by atoms with Crippen LogP contribution in [0.3, 0.4) is 0 Å². The van der Waals surface area contributed by atoms with Gasteiger partial charge < -0.3 is 4.42 Å².